The van der Waals surface area contributed by atoms with Crippen LogP contribution in [0.25, 0.3) is 6.08 Å². The average Bonchev–Trinajstić information content (AvgIpc) is 3.36. The van der Waals surface area contributed by atoms with Gasteiger partial charge in [-0.1, -0.05) is 48.3 Å². The molecule has 1 aliphatic heterocycles. The van der Waals surface area contributed by atoms with Crippen molar-refractivity contribution >= 4 is 34.7 Å². The van der Waals surface area contributed by atoms with Crippen molar-refractivity contribution in [2.45, 2.75) is 13.0 Å². The Labute approximate surface area is 179 Å². The number of esters is 1. The van der Waals surface area contributed by atoms with Crippen LogP contribution < -0.4 is 14.9 Å². The van der Waals surface area contributed by atoms with E-state index in [2.05, 4.69) is 11.6 Å². The van der Waals surface area contributed by atoms with Gasteiger partial charge in [0.2, 0.25) is 0 Å². The van der Waals surface area contributed by atoms with Gasteiger partial charge in [0.05, 0.1) is 15.8 Å². The molecule has 2 aromatic heterocycles. The smallest absolute Gasteiger partial charge is 0.338 e. The fraction of sp³-hybridized carbons (Fsp3) is 0.136. The number of carbonyl (C=O) groups is 1. The number of thiazole rings is 1. The molecule has 1 atom stereocenters. The second-order valence-corrected chi connectivity index (χ2v) is 8.49. The van der Waals surface area contributed by atoms with Gasteiger partial charge in [0.1, 0.15) is 18.5 Å². The second-order valence-electron chi connectivity index (χ2n) is 6.51. The van der Waals surface area contributed by atoms with E-state index in [-0.39, 0.29) is 12.2 Å². The summed E-state index contributed by atoms with van der Waals surface area (Å²) in [7, 11) is 0. The van der Waals surface area contributed by atoms with Crippen LogP contribution in [0.5, 0.6) is 0 Å². The maximum absolute atomic E-state index is 14.1. The first-order valence-electron chi connectivity index (χ1n) is 9.09. The quantitative estimate of drug-likeness (QED) is 0.452. The highest BCUT2D eigenvalue weighted by molar-refractivity contribution is 7.10. The predicted octanol–water partition coefficient (Wildman–Crippen LogP) is 3.17. The Kier molecular flexibility index (Phi) is 5.61. The summed E-state index contributed by atoms with van der Waals surface area (Å²) < 4.78 is 21.2. The first-order valence-corrected chi connectivity index (χ1v) is 10.8. The molecule has 30 heavy (non-hydrogen) atoms. The molecule has 0 N–H and O–H groups in total. The molecule has 5 nitrogen and oxygen atoms in total. The van der Waals surface area contributed by atoms with Crippen molar-refractivity contribution in [2.24, 2.45) is 4.99 Å². The van der Waals surface area contributed by atoms with E-state index >= 15 is 0 Å². The summed E-state index contributed by atoms with van der Waals surface area (Å²) in [6.07, 6.45) is 3.00. The van der Waals surface area contributed by atoms with Gasteiger partial charge in [-0.2, -0.15) is 0 Å². The van der Waals surface area contributed by atoms with Gasteiger partial charge in [0.25, 0.3) is 5.56 Å². The van der Waals surface area contributed by atoms with Crippen molar-refractivity contribution in [3.05, 3.63) is 102 Å². The first-order chi connectivity index (χ1) is 14.5. The third-order valence-corrected chi connectivity index (χ3v) is 6.49. The van der Waals surface area contributed by atoms with Crippen molar-refractivity contribution in [2.75, 3.05) is 6.61 Å². The molecular formula is C22H17FN2O3S2. The second kappa shape index (κ2) is 8.33. The Morgan fingerprint density at radius 1 is 1.33 bits per heavy atom. The number of carbonyl (C=O) groups excluding carboxylic acids is 1. The maximum atomic E-state index is 14.1. The fourth-order valence-corrected chi connectivity index (χ4v) is 5.11. The van der Waals surface area contributed by atoms with Gasteiger partial charge < -0.3 is 4.74 Å². The minimum atomic E-state index is -0.652. The van der Waals surface area contributed by atoms with Gasteiger partial charge in [0.15, 0.2) is 4.80 Å². The standard InChI is InChI=1S/C22H17FN2O3S2/c1-3-10-28-21(27)18-13(2)24-22-25(19(18)16-9-6-11-29-16)20(26)17(30-22)12-14-7-4-5-8-15(14)23/h3-9,11-12,19H,1,10H2,2H3. The summed E-state index contributed by atoms with van der Waals surface area (Å²) in [5.74, 6) is -0.957. The minimum Gasteiger partial charge on any atom is -0.458 e. The largest absolute Gasteiger partial charge is 0.458 e. The van der Waals surface area contributed by atoms with Gasteiger partial charge in [-0.3, -0.25) is 9.36 Å². The highest BCUT2D eigenvalue weighted by Gasteiger charge is 2.33. The Morgan fingerprint density at radius 2 is 2.13 bits per heavy atom. The lowest BCUT2D eigenvalue weighted by Gasteiger charge is -2.23. The molecule has 0 aliphatic carbocycles. The van der Waals surface area contributed by atoms with E-state index in [1.807, 2.05) is 17.5 Å². The van der Waals surface area contributed by atoms with Gasteiger partial charge in [-0.25, -0.2) is 14.2 Å². The molecule has 0 saturated heterocycles. The number of hydrogen-bond donors (Lipinski definition) is 0. The lowest BCUT2D eigenvalue weighted by atomic mass is 10.0. The van der Waals surface area contributed by atoms with Crippen molar-refractivity contribution < 1.29 is 13.9 Å². The molecule has 8 heteroatoms. The van der Waals surface area contributed by atoms with Gasteiger partial charge in [-0.05, 0) is 30.5 Å². The Balaban J connectivity index is 1.93. The van der Waals surface area contributed by atoms with Crippen LogP contribution in [-0.2, 0) is 9.53 Å². The molecule has 0 spiro atoms. The van der Waals surface area contributed by atoms with Crippen molar-refractivity contribution in [1.82, 2.24) is 4.57 Å². The number of benzene rings is 1. The third kappa shape index (κ3) is 3.59. The number of allylic oxidation sites excluding steroid dienone is 1. The number of thiophene rings is 1. The van der Waals surface area contributed by atoms with Crippen LogP contribution in [-0.4, -0.2) is 17.1 Å². The summed E-state index contributed by atoms with van der Waals surface area (Å²) in [6, 6.07) is 9.32. The van der Waals surface area contributed by atoms with Crippen LogP contribution >= 0.6 is 22.7 Å². The average molecular weight is 441 g/mol. The number of aromatic nitrogens is 1. The number of rotatable bonds is 5. The third-order valence-electron chi connectivity index (χ3n) is 4.58. The topological polar surface area (TPSA) is 60.7 Å². The molecule has 1 aliphatic rings. The maximum Gasteiger partial charge on any atom is 0.338 e. The SMILES string of the molecule is C=CCOC(=O)C1=C(C)N=c2sc(=Cc3ccccc3F)c(=O)n2C1c1cccs1. The molecule has 152 valence electrons. The molecule has 0 amide bonds. The minimum absolute atomic E-state index is 0.0600. The molecule has 0 bridgehead atoms. The van der Waals surface area contributed by atoms with Gasteiger partial charge >= 0.3 is 5.97 Å². The normalized spacial score (nSPS) is 16.2. The highest BCUT2D eigenvalue weighted by Crippen LogP contribution is 2.33. The van der Waals surface area contributed by atoms with Crippen LogP contribution in [0.15, 0.2) is 75.5 Å². The van der Waals surface area contributed by atoms with Gasteiger partial charge in [0, 0.05) is 10.4 Å². The zero-order chi connectivity index (χ0) is 21.3. The van der Waals surface area contributed by atoms with E-state index < -0.39 is 17.8 Å². The summed E-state index contributed by atoms with van der Waals surface area (Å²) in [6.45, 7) is 5.34. The molecule has 0 fully saturated rings. The molecular weight excluding hydrogens is 423 g/mol. The van der Waals surface area contributed by atoms with Crippen molar-refractivity contribution in [1.29, 1.82) is 0 Å². The monoisotopic (exact) mass is 440 g/mol. The number of ether oxygens (including phenoxy) is 1. The van der Waals surface area contributed by atoms with Crippen molar-refractivity contribution in [3.8, 4) is 0 Å². The molecule has 0 radical (unpaired) electrons. The van der Waals surface area contributed by atoms with E-state index in [0.29, 0.717) is 26.2 Å². The van der Waals surface area contributed by atoms with E-state index in [1.165, 1.54) is 45.5 Å². The number of hydrogen-bond acceptors (Lipinski definition) is 6. The van der Waals surface area contributed by atoms with E-state index in [0.717, 1.165) is 4.88 Å². The van der Waals surface area contributed by atoms with E-state index in [9.17, 15) is 14.0 Å². The van der Waals surface area contributed by atoms with Crippen LogP contribution in [0.1, 0.15) is 23.4 Å². The Hall–Kier alpha value is -3.10. The summed E-state index contributed by atoms with van der Waals surface area (Å²) in [5, 5.41) is 1.88. The summed E-state index contributed by atoms with van der Waals surface area (Å²) >= 11 is 2.60. The van der Waals surface area contributed by atoms with Crippen LogP contribution in [0.3, 0.4) is 0 Å². The highest BCUT2D eigenvalue weighted by atomic mass is 32.1. The van der Waals surface area contributed by atoms with Gasteiger partial charge in [-0.15, -0.1) is 11.3 Å². The fourth-order valence-electron chi connectivity index (χ4n) is 3.24. The summed E-state index contributed by atoms with van der Waals surface area (Å²) in [4.78, 5) is 31.8. The van der Waals surface area contributed by atoms with E-state index in [1.54, 1.807) is 25.1 Å². The number of halogens is 1. The molecule has 0 saturated carbocycles. The Bertz CT molecular complexity index is 1330. The van der Waals surface area contributed by atoms with Crippen molar-refractivity contribution in [3.63, 3.8) is 0 Å². The number of nitrogens with zero attached hydrogens (tertiary/aromatic N) is 2. The first kappa shape index (κ1) is 20.2. The predicted molar refractivity (Wildman–Crippen MR) is 116 cm³/mol. The van der Waals surface area contributed by atoms with Crippen LogP contribution in [0.2, 0.25) is 0 Å². The molecule has 1 aromatic carbocycles. The molecule has 3 aromatic rings. The zero-order valence-corrected chi connectivity index (χ0v) is 17.6. The summed E-state index contributed by atoms with van der Waals surface area (Å²) in [5.41, 5.74) is 0.781. The molecule has 1 unspecified atom stereocenters. The van der Waals surface area contributed by atoms with Crippen LogP contribution in [0, 0.1) is 5.82 Å². The zero-order valence-electron chi connectivity index (χ0n) is 16.0. The lowest BCUT2D eigenvalue weighted by Crippen LogP contribution is -2.39. The molecule has 3 heterocycles. The Morgan fingerprint density at radius 3 is 2.83 bits per heavy atom. The van der Waals surface area contributed by atoms with E-state index in [4.69, 9.17) is 4.74 Å². The number of fused-ring (bicyclic) bond motifs is 1. The lowest BCUT2D eigenvalue weighted by molar-refractivity contribution is -0.138. The van der Waals surface area contributed by atoms with Crippen LogP contribution in [0.4, 0.5) is 4.39 Å². The molecule has 4 rings (SSSR count).